The van der Waals surface area contributed by atoms with Gasteiger partial charge in [0, 0.05) is 12.7 Å². The molecule has 0 saturated heterocycles. The summed E-state index contributed by atoms with van der Waals surface area (Å²) in [5, 5.41) is 2.84. The molecule has 0 radical (unpaired) electrons. The van der Waals surface area contributed by atoms with Crippen molar-refractivity contribution in [1.82, 2.24) is 4.90 Å². The fraction of sp³-hybridized carbons (Fsp3) is 0.300. The highest BCUT2D eigenvalue weighted by Gasteiger charge is 2.15. The average molecular weight is 356 g/mol. The molecule has 26 heavy (non-hydrogen) atoms. The molecule has 2 aromatic carbocycles. The SMILES string of the molecule is COc1ccccc1OCC(=O)N(C)CC(=O)Nc1cc(C)ccc1C. The topological polar surface area (TPSA) is 67.9 Å². The molecule has 2 rings (SSSR count). The molecule has 0 spiro atoms. The molecular weight excluding hydrogens is 332 g/mol. The summed E-state index contributed by atoms with van der Waals surface area (Å²) in [5.41, 5.74) is 2.78. The Morgan fingerprint density at radius 1 is 1.08 bits per heavy atom. The van der Waals surface area contributed by atoms with Crippen LogP contribution in [0, 0.1) is 13.8 Å². The summed E-state index contributed by atoms with van der Waals surface area (Å²) in [6, 6.07) is 12.9. The van der Waals surface area contributed by atoms with Crippen LogP contribution < -0.4 is 14.8 Å². The smallest absolute Gasteiger partial charge is 0.260 e. The van der Waals surface area contributed by atoms with Crippen LogP contribution in [0.5, 0.6) is 11.5 Å². The number of hydrogen-bond donors (Lipinski definition) is 1. The molecule has 1 N–H and O–H groups in total. The van der Waals surface area contributed by atoms with Crippen molar-refractivity contribution in [3.63, 3.8) is 0 Å². The number of anilines is 1. The fourth-order valence-electron chi connectivity index (χ4n) is 2.35. The van der Waals surface area contributed by atoms with Crippen LogP contribution in [0.4, 0.5) is 5.69 Å². The molecule has 0 aliphatic rings. The maximum Gasteiger partial charge on any atom is 0.260 e. The molecule has 0 unspecified atom stereocenters. The van der Waals surface area contributed by atoms with E-state index in [1.807, 2.05) is 38.1 Å². The number of carbonyl (C=O) groups is 2. The summed E-state index contributed by atoms with van der Waals surface area (Å²) < 4.78 is 10.7. The first-order chi connectivity index (χ1) is 12.4. The lowest BCUT2D eigenvalue weighted by Gasteiger charge is -2.18. The lowest BCUT2D eigenvalue weighted by molar-refractivity contribution is -0.135. The average Bonchev–Trinajstić information content (AvgIpc) is 2.62. The molecule has 0 aliphatic heterocycles. The number of hydrogen-bond acceptors (Lipinski definition) is 4. The Hall–Kier alpha value is -3.02. The van der Waals surface area contributed by atoms with E-state index in [0.717, 1.165) is 16.8 Å². The van der Waals surface area contributed by atoms with Crippen LogP contribution in [-0.4, -0.2) is 44.0 Å². The molecule has 6 nitrogen and oxygen atoms in total. The second kappa shape index (κ2) is 8.89. The van der Waals surface area contributed by atoms with E-state index in [-0.39, 0.29) is 25.0 Å². The second-order valence-corrected chi connectivity index (χ2v) is 6.06. The van der Waals surface area contributed by atoms with Gasteiger partial charge in [0.25, 0.3) is 5.91 Å². The third-order valence-electron chi connectivity index (χ3n) is 3.89. The van der Waals surface area contributed by atoms with Crippen molar-refractivity contribution in [2.45, 2.75) is 13.8 Å². The van der Waals surface area contributed by atoms with Crippen molar-refractivity contribution in [2.75, 3.05) is 32.6 Å². The minimum absolute atomic E-state index is 0.0541. The number of aryl methyl sites for hydroxylation is 2. The van der Waals surface area contributed by atoms with E-state index < -0.39 is 0 Å². The van der Waals surface area contributed by atoms with Crippen LogP contribution in [0.25, 0.3) is 0 Å². The molecule has 0 fully saturated rings. The number of nitrogens with one attached hydrogen (secondary N) is 1. The molecule has 0 aromatic heterocycles. The molecule has 0 bridgehead atoms. The van der Waals surface area contributed by atoms with Crippen LogP contribution in [0.2, 0.25) is 0 Å². The number of carbonyl (C=O) groups excluding carboxylic acids is 2. The first-order valence-electron chi connectivity index (χ1n) is 8.27. The molecule has 2 amide bonds. The van der Waals surface area contributed by atoms with Gasteiger partial charge in [-0.3, -0.25) is 9.59 Å². The predicted molar refractivity (Wildman–Crippen MR) is 101 cm³/mol. The zero-order valence-electron chi connectivity index (χ0n) is 15.5. The highest BCUT2D eigenvalue weighted by atomic mass is 16.5. The van der Waals surface area contributed by atoms with Crippen molar-refractivity contribution in [1.29, 1.82) is 0 Å². The summed E-state index contributed by atoms with van der Waals surface area (Å²) in [6.07, 6.45) is 0. The van der Waals surface area contributed by atoms with Gasteiger partial charge < -0.3 is 19.7 Å². The molecule has 138 valence electrons. The van der Waals surface area contributed by atoms with E-state index in [4.69, 9.17) is 9.47 Å². The van der Waals surface area contributed by atoms with Gasteiger partial charge in [-0.25, -0.2) is 0 Å². The van der Waals surface area contributed by atoms with Crippen molar-refractivity contribution < 1.29 is 19.1 Å². The van der Waals surface area contributed by atoms with Gasteiger partial charge in [0.15, 0.2) is 18.1 Å². The molecular formula is C20H24N2O4. The maximum atomic E-state index is 12.2. The number of benzene rings is 2. The standard InChI is InChI=1S/C20H24N2O4/c1-14-9-10-15(2)16(11-14)21-19(23)12-22(3)20(24)13-26-18-8-6-5-7-17(18)25-4/h5-11H,12-13H2,1-4H3,(H,21,23). The maximum absolute atomic E-state index is 12.2. The normalized spacial score (nSPS) is 10.2. The van der Waals surface area contributed by atoms with Gasteiger partial charge in [-0.1, -0.05) is 24.3 Å². The predicted octanol–water partition coefficient (Wildman–Crippen LogP) is 2.79. The minimum Gasteiger partial charge on any atom is -0.493 e. The Kier molecular flexibility index (Phi) is 6.60. The van der Waals surface area contributed by atoms with E-state index >= 15 is 0 Å². The lowest BCUT2D eigenvalue weighted by atomic mass is 10.1. The molecule has 0 atom stereocenters. The Balaban J connectivity index is 1.88. The van der Waals surface area contributed by atoms with Gasteiger partial charge in [0.05, 0.1) is 13.7 Å². The zero-order valence-corrected chi connectivity index (χ0v) is 15.5. The van der Waals surface area contributed by atoms with E-state index in [1.54, 1.807) is 25.2 Å². The zero-order chi connectivity index (χ0) is 19.1. The fourth-order valence-corrected chi connectivity index (χ4v) is 2.35. The van der Waals surface area contributed by atoms with Crippen molar-refractivity contribution >= 4 is 17.5 Å². The molecule has 0 heterocycles. The van der Waals surface area contributed by atoms with E-state index in [2.05, 4.69) is 5.32 Å². The quantitative estimate of drug-likeness (QED) is 0.828. The number of rotatable bonds is 7. The van der Waals surface area contributed by atoms with Crippen molar-refractivity contribution in [3.05, 3.63) is 53.6 Å². The summed E-state index contributed by atoms with van der Waals surface area (Å²) in [7, 11) is 3.10. The van der Waals surface area contributed by atoms with E-state index in [1.165, 1.54) is 12.0 Å². The van der Waals surface area contributed by atoms with Gasteiger partial charge >= 0.3 is 0 Å². The third kappa shape index (κ3) is 5.24. The number of ether oxygens (including phenoxy) is 2. The molecule has 6 heteroatoms. The van der Waals surface area contributed by atoms with Gasteiger partial charge in [0.1, 0.15) is 0 Å². The number of amides is 2. The van der Waals surface area contributed by atoms with Crippen molar-refractivity contribution in [3.8, 4) is 11.5 Å². The number of likely N-dealkylation sites (N-methyl/N-ethyl adjacent to an activating group) is 1. The Bertz CT molecular complexity index is 789. The Morgan fingerprint density at radius 3 is 2.46 bits per heavy atom. The van der Waals surface area contributed by atoms with Crippen LogP contribution in [0.15, 0.2) is 42.5 Å². The minimum atomic E-state index is -0.299. The van der Waals surface area contributed by atoms with Crippen LogP contribution in [0.3, 0.4) is 0 Å². The lowest BCUT2D eigenvalue weighted by Crippen LogP contribution is -2.37. The summed E-state index contributed by atoms with van der Waals surface area (Å²) >= 11 is 0. The Labute approximate surface area is 153 Å². The van der Waals surface area contributed by atoms with Gasteiger partial charge in [0.2, 0.25) is 5.91 Å². The largest absolute Gasteiger partial charge is 0.493 e. The highest BCUT2D eigenvalue weighted by molar-refractivity contribution is 5.95. The van der Waals surface area contributed by atoms with Gasteiger partial charge in [-0.2, -0.15) is 0 Å². The van der Waals surface area contributed by atoms with Gasteiger partial charge in [-0.15, -0.1) is 0 Å². The molecule has 2 aromatic rings. The summed E-state index contributed by atoms with van der Waals surface area (Å²) in [5.74, 6) is 0.478. The molecule has 0 saturated carbocycles. The van der Waals surface area contributed by atoms with Gasteiger partial charge in [-0.05, 0) is 43.2 Å². The monoisotopic (exact) mass is 356 g/mol. The van der Waals surface area contributed by atoms with Crippen LogP contribution in [-0.2, 0) is 9.59 Å². The number of nitrogens with zero attached hydrogens (tertiary/aromatic N) is 1. The summed E-state index contributed by atoms with van der Waals surface area (Å²) in [6.45, 7) is 3.65. The number of para-hydroxylation sites is 2. The van der Waals surface area contributed by atoms with Crippen LogP contribution in [0.1, 0.15) is 11.1 Å². The summed E-state index contributed by atoms with van der Waals surface area (Å²) in [4.78, 5) is 25.7. The third-order valence-corrected chi connectivity index (χ3v) is 3.89. The first-order valence-corrected chi connectivity index (χ1v) is 8.27. The number of methoxy groups -OCH3 is 1. The van der Waals surface area contributed by atoms with Crippen LogP contribution >= 0.6 is 0 Å². The molecule has 0 aliphatic carbocycles. The van der Waals surface area contributed by atoms with Crippen molar-refractivity contribution in [2.24, 2.45) is 0 Å². The Morgan fingerprint density at radius 2 is 1.77 bits per heavy atom. The van der Waals surface area contributed by atoms with E-state index in [0.29, 0.717) is 11.5 Å². The second-order valence-electron chi connectivity index (χ2n) is 6.06. The first kappa shape index (κ1) is 19.3. The van der Waals surface area contributed by atoms with E-state index in [9.17, 15) is 9.59 Å². The highest BCUT2D eigenvalue weighted by Crippen LogP contribution is 2.25.